The van der Waals surface area contributed by atoms with Crippen LogP contribution in [0.1, 0.15) is 79.6 Å². The predicted octanol–water partition coefficient (Wildman–Crippen LogP) is 8.24. The highest BCUT2D eigenvalue weighted by Crippen LogP contribution is 2.40. The fourth-order valence-electron chi connectivity index (χ4n) is 4.39. The van der Waals surface area contributed by atoms with E-state index in [9.17, 15) is 0 Å². The van der Waals surface area contributed by atoms with Gasteiger partial charge in [0.25, 0.3) is 0 Å². The van der Waals surface area contributed by atoms with Crippen molar-refractivity contribution in [2.75, 3.05) is 0 Å². The summed E-state index contributed by atoms with van der Waals surface area (Å²) in [5.41, 5.74) is 10.4. The van der Waals surface area contributed by atoms with Crippen molar-refractivity contribution in [1.82, 2.24) is 4.98 Å². The summed E-state index contributed by atoms with van der Waals surface area (Å²) in [5, 5.41) is 0.668. The highest BCUT2D eigenvalue weighted by Gasteiger charge is 2.23. The fraction of sp³-hybridized carbons (Fsp3) is 0.321. The third kappa shape index (κ3) is 4.40. The first-order valence-corrected chi connectivity index (χ1v) is 11.6. The zero-order chi connectivity index (χ0) is 23.0. The van der Waals surface area contributed by atoms with Crippen LogP contribution in [0.15, 0.2) is 58.5 Å². The van der Waals surface area contributed by atoms with Gasteiger partial charge >= 0.3 is 0 Å². The van der Waals surface area contributed by atoms with Gasteiger partial charge in [-0.2, -0.15) is 0 Å². The molecule has 0 saturated carbocycles. The van der Waals surface area contributed by atoms with E-state index in [1.807, 2.05) is 39.0 Å². The van der Waals surface area contributed by atoms with E-state index >= 15 is 0 Å². The van der Waals surface area contributed by atoms with Crippen LogP contribution in [-0.4, -0.2) is 16.4 Å². The fourth-order valence-corrected chi connectivity index (χ4v) is 4.75. The van der Waals surface area contributed by atoms with Gasteiger partial charge in [-0.1, -0.05) is 62.7 Å². The van der Waals surface area contributed by atoms with Gasteiger partial charge in [0.05, 0.1) is 39.2 Å². The molecule has 4 rings (SSSR count). The van der Waals surface area contributed by atoms with E-state index in [-0.39, 0.29) is 0 Å². The third-order valence-corrected chi connectivity index (χ3v) is 6.38. The van der Waals surface area contributed by atoms with Gasteiger partial charge in [0.1, 0.15) is 0 Å². The van der Waals surface area contributed by atoms with Crippen molar-refractivity contribution in [1.29, 1.82) is 0 Å². The van der Waals surface area contributed by atoms with Crippen LogP contribution in [0.2, 0.25) is 5.02 Å². The van der Waals surface area contributed by atoms with Crippen molar-refractivity contribution >= 4 is 34.4 Å². The molecule has 0 aliphatic carbocycles. The molecule has 1 aliphatic heterocycles. The molecule has 0 spiro atoms. The number of para-hydroxylation sites is 1. The number of aromatic nitrogens is 1. The summed E-state index contributed by atoms with van der Waals surface area (Å²) in [6.07, 6.45) is 0.879. The molecule has 0 saturated heterocycles. The molecule has 1 aliphatic rings. The van der Waals surface area contributed by atoms with E-state index in [0.717, 1.165) is 51.7 Å². The molecule has 32 heavy (non-hydrogen) atoms. The van der Waals surface area contributed by atoms with Crippen molar-refractivity contribution in [2.24, 2.45) is 9.98 Å². The summed E-state index contributed by atoms with van der Waals surface area (Å²) in [6.45, 7) is 12.8. The Balaban J connectivity index is 1.74. The Morgan fingerprint density at radius 3 is 2.56 bits per heavy atom. The first-order chi connectivity index (χ1) is 15.2. The van der Waals surface area contributed by atoms with Crippen LogP contribution in [0, 0.1) is 13.8 Å². The second-order valence-electron chi connectivity index (χ2n) is 9.12. The highest BCUT2D eigenvalue weighted by molar-refractivity contribution is 6.33. The maximum atomic E-state index is 6.48. The van der Waals surface area contributed by atoms with Gasteiger partial charge in [-0.25, -0.2) is 9.98 Å². The Kier molecular flexibility index (Phi) is 6.30. The first kappa shape index (κ1) is 22.4. The number of benzene rings is 2. The van der Waals surface area contributed by atoms with Crippen molar-refractivity contribution in [2.45, 2.75) is 59.8 Å². The lowest BCUT2D eigenvalue weighted by Gasteiger charge is -2.24. The van der Waals surface area contributed by atoms with Crippen LogP contribution in [0.5, 0.6) is 0 Å². The van der Waals surface area contributed by atoms with Gasteiger partial charge in [0.2, 0.25) is 0 Å². The third-order valence-electron chi connectivity index (χ3n) is 6.09. The number of aryl methyl sites for hydroxylation is 2. The Hall–Kier alpha value is -2.78. The number of halogens is 1. The van der Waals surface area contributed by atoms with Crippen molar-refractivity contribution in [3.8, 4) is 0 Å². The van der Waals surface area contributed by atoms with Gasteiger partial charge in [-0.05, 0) is 79.5 Å². The van der Waals surface area contributed by atoms with Crippen molar-refractivity contribution in [3.05, 3.63) is 87.2 Å². The van der Waals surface area contributed by atoms with Crippen LogP contribution in [0.3, 0.4) is 0 Å². The Morgan fingerprint density at radius 2 is 1.84 bits per heavy atom. The summed E-state index contributed by atoms with van der Waals surface area (Å²) in [6, 6.07) is 16.7. The molecule has 0 bridgehead atoms. The standard InChI is InChI=1S/C28H30ClN3/c1-16(2)21-9-7-10-22-18(4)15-26(32-28(21)22)25-12-8-11-24(31-25)20(6)30-27-19(5)13-17(3)14-23(27)29/h7-14,16,18H,15H2,1-6H3. The zero-order valence-electron chi connectivity index (χ0n) is 19.7. The average molecular weight is 444 g/mol. The molecule has 0 amide bonds. The van der Waals surface area contributed by atoms with Crippen LogP contribution in [-0.2, 0) is 0 Å². The predicted molar refractivity (Wildman–Crippen MR) is 137 cm³/mol. The maximum absolute atomic E-state index is 6.48. The Morgan fingerprint density at radius 1 is 1.09 bits per heavy atom. The molecule has 3 aromatic rings. The minimum Gasteiger partial charge on any atom is -0.251 e. The van der Waals surface area contributed by atoms with E-state index in [1.54, 1.807) is 0 Å². The lowest BCUT2D eigenvalue weighted by atomic mass is 9.86. The maximum Gasteiger partial charge on any atom is 0.0852 e. The molecule has 0 radical (unpaired) electrons. The summed E-state index contributed by atoms with van der Waals surface area (Å²) < 4.78 is 0. The second kappa shape index (κ2) is 8.99. The number of hydrogen-bond acceptors (Lipinski definition) is 3. The molecular weight excluding hydrogens is 414 g/mol. The van der Waals surface area contributed by atoms with Gasteiger partial charge in [-0.3, -0.25) is 4.99 Å². The molecule has 3 nitrogen and oxygen atoms in total. The van der Waals surface area contributed by atoms with E-state index in [4.69, 9.17) is 26.6 Å². The molecule has 2 aromatic carbocycles. The number of aliphatic imine (C=N–C) groups is 2. The van der Waals surface area contributed by atoms with Gasteiger partial charge < -0.3 is 0 Å². The summed E-state index contributed by atoms with van der Waals surface area (Å²) >= 11 is 6.48. The minimum atomic E-state index is 0.408. The molecular formula is C28H30ClN3. The highest BCUT2D eigenvalue weighted by atomic mass is 35.5. The van der Waals surface area contributed by atoms with E-state index in [0.29, 0.717) is 16.9 Å². The number of pyridine rings is 1. The molecule has 0 fully saturated rings. The van der Waals surface area contributed by atoms with Crippen molar-refractivity contribution in [3.63, 3.8) is 0 Å². The smallest absolute Gasteiger partial charge is 0.0852 e. The quantitative estimate of drug-likeness (QED) is 0.374. The normalized spacial score (nSPS) is 16.2. The van der Waals surface area contributed by atoms with Crippen molar-refractivity contribution < 1.29 is 0 Å². The molecule has 164 valence electrons. The van der Waals surface area contributed by atoms with Gasteiger partial charge in [0, 0.05) is 0 Å². The van der Waals surface area contributed by atoms with Crippen LogP contribution in [0.25, 0.3) is 0 Å². The summed E-state index contributed by atoms with van der Waals surface area (Å²) in [5.74, 6) is 0.835. The van der Waals surface area contributed by atoms with Gasteiger partial charge in [-0.15, -0.1) is 0 Å². The number of fused-ring (bicyclic) bond motifs is 1. The molecule has 1 atom stereocenters. The van der Waals surface area contributed by atoms with Crippen LogP contribution >= 0.6 is 11.6 Å². The zero-order valence-corrected chi connectivity index (χ0v) is 20.5. The lowest BCUT2D eigenvalue weighted by Crippen LogP contribution is -2.15. The van der Waals surface area contributed by atoms with E-state index in [1.165, 1.54) is 11.1 Å². The Labute approximate surface area is 196 Å². The topological polar surface area (TPSA) is 37.6 Å². The first-order valence-electron chi connectivity index (χ1n) is 11.2. The summed E-state index contributed by atoms with van der Waals surface area (Å²) in [4.78, 5) is 14.9. The molecule has 1 aromatic heterocycles. The van der Waals surface area contributed by atoms with E-state index < -0.39 is 0 Å². The second-order valence-corrected chi connectivity index (χ2v) is 9.53. The SMILES string of the molecule is CC(=Nc1c(C)cc(C)cc1Cl)c1cccc(C2=Nc3c(C(C)C)cccc3C(C)C2)n1. The molecule has 4 heteroatoms. The lowest BCUT2D eigenvalue weighted by molar-refractivity contribution is 0.777. The Bertz CT molecular complexity index is 1210. The van der Waals surface area contributed by atoms with Gasteiger partial charge in [0.15, 0.2) is 0 Å². The average Bonchev–Trinajstić information content (AvgIpc) is 2.75. The van der Waals surface area contributed by atoms with Crippen LogP contribution in [0.4, 0.5) is 11.4 Å². The molecule has 0 N–H and O–H groups in total. The summed E-state index contributed by atoms with van der Waals surface area (Å²) in [7, 11) is 0. The monoisotopic (exact) mass is 443 g/mol. The molecule has 1 unspecified atom stereocenters. The number of nitrogens with zero attached hydrogens (tertiary/aromatic N) is 3. The largest absolute Gasteiger partial charge is 0.251 e. The number of hydrogen-bond donors (Lipinski definition) is 0. The van der Waals surface area contributed by atoms with E-state index in [2.05, 4.69) is 51.1 Å². The molecule has 2 heterocycles. The minimum absolute atomic E-state index is 0.408. The number of rotatable bonds is 4. The van der Waals surface area contributed by atoms with Crippen LogP contribution < -0.4 is 0 Å².